The molecule has 2 heterocycles. The summed E-state index contributed by atoms with van der Waals surface area (Å²) in [5, 5.41) is 5.34. The van der Waals surface area contributed by atoms with E-state index in [0.29, 0.717) is 11.4 Å². The van der Waals surface area contributed by atoms with Crippen molar-refractivity contribution in [3.63, 3.8) is 0 Å². The third-order valence-corrected chi connectivity index (χ3v) is 5.52. The van der Waals surface area contributed by atoms with E-state index in [-0.39, 0.29) is 22.9 Å². The summed E-state index contributed by atoms with van der Waals surface area (Å²) >= 11 is 0. The topological polar surface area (TPSA) is 136 Å². The number of allylic oxidation sites excluding steroid dienone is 1. The number of nitrogens with zero attached hydrogens (tertiary/aromatic N) is 2. The summed E-state index contributed by atoms with van der Waals surface area (Å²) < 4.78 is 14.1. The predicted molar refractivity (Wildman–Crippen MR) is 139 cm³/mol. The minimum absolute atomic E-state index is 0.0381. The number of alkyl halides is 1. The Morgan fingerprint density at radius 3 is 2.39 bits per heavy atom. The first-order valence-corrected chi connectivity index (χ1v) is 11.2. The Morgan fingerprint density at radius 2 is 1.72 bits per heavy atom. The first kappa shape index (κ1) is 26.1. The number of aromatic nitrogens is 2. The second-order valence-electron chi connectivity index (χ2n) is 8.62. The molecule has 0 aliphatic rings. The Labute approximate surface area is 209 Å². The highest BCUT2D eigenvalue weighted by molar-refractivity contribution is 6.06. The van der Waals surface area contributed by atoms with Crippen LogP contribution < -0.4 is 22.1 Å². The molecule has 0 atom stereocenters. The lowest BCUT2D eigenvalue weighted by atomic mass is 9.98. The fraction of sp³-hybridized carbons (Fsp3) is 0.185. The molecule has 2 aromatic heterocycles. The number of nitrogens with two attached hydrogens (primary N) is 2. The number of carbonyl (C=O) groups is 2. The van der Waals surface area contributed by atoms with Crippen LogP contribution in [0.15, 0.2) is 78.4 Å². The van der Waals surface area contributed by atoms with Gasteiger partial charge in [-0.2, -0.15) is 0 Å². The molecule has 0 aliphatic heterocycles. The minimum atomic E-state index is -1.79. The van der Waals surface area contributed by atoms with Crippen LogP contribution in [0.5, 0.6) is 0 Å². The van der Waals surface area contributed by atoms with E-state index in [0.717, 1.165) is 28.5 Å². The Kier molecular flexibility index (Phi) is 7.83. The molecule has 1 aromatic carbocycles. The third-order valence-electron chi connectivity index (χ3n) is 5.52. The summed E-state index contributed by atoms with van der Waals surface area (Å²) in [5.41, 5.74) is 14.4. The summed E-state index contributed by atoms with van der Waals surface area (Å²) in [6.07, 6.45) is 5.54. The van der Waals surface area contributed by atoms with Gasteiger partial charge < -0.3 is 22.1 Å². The standard InChI is InChI=1S/C27H29FN6O2/c1-16-5-6-20(34-25(35)19(15-29)13-24(30)27(2,3)28)14-21(16)17-7-9-32-22(11-17)18-8-10-33-23(12-18)26(36)31-4/h5-15H,29-30H2,1-4H3,(H,31,36)(H,34,35)/b19-15+,24-13-. The van der Waals surface area contributed by atoms with E-state index >= 15 is 0 Å². The normalized spacial score (nSPS) is 12.2. The number of anilines is 1. The molecule has 3 aromatic rings. The van der Waals surface area contributed by atoms with Crippen LogP contribution in [0.4, 0.5) is 10.1 Å². The van der Waals surface area contributed by atoms with Gasteiger partial charge in [0.1, 0.15) is 11.4 Å². The van der Waals surface area contributed by atoms with Crippen LogP contribution >= 0.6 is 0 Å². The fourth-order valence-corrected chi connectivity index (χ4v) is 3.34. The highest BCUT2D eigenvalue weighted by atomic mass is 19.1. The van der Waals surface area contributed by atoms with Crippen molar-refractivity contribution in [2.75, 3.05) is 12.4 Å². The number of aryl methyl sites for hydroxylation is 1. The number of nitrogens with one attached hydrogen (secondary N) is 2. The van der Waals surface area contributed by atoms with E-state index in [1.54, 1.807) is 37.6 Å². The first-order valence-electron chi connectivity index (χ1n) is 11.2. The fourth-order valence-electron chi connectivity index (χ4n) is 3.34. The van der Waals surface area contributed by atoms with E-state index in [1.165, 1.54) is 19.9 Å². The quantitative estimate of drug-likeness (QED) is 0.295. The molecule has 6 N–H and O–H groups in total. The number of amides is 2. The van der Waals surface area contributed by atoms with Gasteiger partial charge in [0.15, 0.2) is 0 Å². The van der Waals surface area contributed by atoms with Gasteiger partial charge in [-0.1, -0.05) is 6.07 Å². The molecule has 0 spiro atoms. The van der Waals surface area contributed by atoms with Gasteiger partial charge in [-0.15, -0.1) is 0 Å². The lowest BCUT2D eigenvalue weighted by Gasteiger charge is -2.15. The molecule has 3 rings (SSSR count). The number of benzene rings is 1. The van der Waals surface area contributed by atoms with Crippen LogP contribution in [-0.4, -0.2) is 34.5 Å². The third kappa shape index (κ3) is 6.12. The number of hydrogen-bond donors (Lipinski definition) is 4. The Bertz CT molecular complexity index is 1360. The van der Waals surface area contributed by atoms with Crippen LogP contribution in [0.25, 0.3) is 22.4 Å². The minimum Gasteiger partial charge on any atom is -0.404 e. The van der Waals surface area contributed by atoms with Crippen LogP contribution in [-0.2, 0) is 4.79 Å². The molecular formula is C27H29FN6O2. The van der Waals surface area contributed by atoms with E-state index in [9.17, 15) is 14.0 Å². The molecule has 0 aliphatic carbocycles. The van der Waals surface area contributed by atoms with E-state index in [1.807, 2.05) is 31.2 Å². The first-order chi connectivity index (χ1) is 17.0. The SMILES string of the molecule is CNC(=O)c1cc(-c2cc(-c3cc(NC(=O)C(/C=C(\N)C(C)(C)F)=C/N)ccc3C)ccn2)ccn1. The van der Waals surface area contributed by atoms with Crippen molar-refractivity contribution in [1.82, 2.24) is 15.3 Å². The van der Waals surface area contributed by atoms with Gasteiger partial charge in [0.05, 0.1) is 11.3 Å². The smallest absolute Gasteiger partial charge is 0.269 e. The molecule has 0 fully saturated rings. The lowest BCUT2D eigenvalue weighted by Crippen LogP contribution is -2.24. The van der Waals surface area contributed by atoms with E-state index < -0.39 is 11.6 Å². The van der Waals surface area contributed by atoms with Gasteiger partial charge in [0.2, 0.25) is 0 Å². The Balaban J connectivity index is 1.92. The molecule has 9 heteroatoms. The number of carbonyl (C=O) groups excluding carboxylic acids is 2. The molecule has 2 amide bonds. The maximum atomic E-state index is 14.1. The molecule has 0 saturated carbocycles. The number of hydrogen-bond acceptors (Lipinski definition) is 6. The highest BCUT2D eigenvalue weighted by Crippen LogP contribution is 2.30. The zero-order chi connectivity index (χ0) is 26.5. The van der Waals surface area contributed by atoms with Crippen LogP contribution in [0.3, 0.4) is 0 Å². The summed E-state index contributed by atoms with van der Waals surface area (Å²) in [4.78, 5) is 33.3. The maximum absolute atomic E-state index is 14.1. The van der Waals surface area contributed by atoms with Gasteiger partial charge in [0, 0.05) is 42.6 Å². The van der Waals surface area contributed by atoms with Gasteiger partial charge >= 0.3 is 0 Å². The average molecular weight is 489 g/mol. The van der Waals surface area contributed by atoms with Crippen molar-refractivity contribution in [2.24, 2.45) is 11.5 Å². The summed E-state index contributed by atoms with van der Waals surface area (Å²) in [7, 11) is 1.55. The molecular weight excluding hydrogens is 459 g/mol. The zero-order valence-corrected chi connectivity index (χ0v) is 20.6. The maximum Gasteiger partial charge on any atom is 0.269 e. The van der Waals surface area contributed by atoms with Crippen molar-refractivity contribution >= 4 is 17.5 Å². The van der Waals surface area contributed by atoms with Crippen LogP contribution in [0.2, 0.25) is 0 Å². The summed E-state index contributed by atoms with van der Waals surface area (Å²) in [6.45, 7) is 4.55. The number of pyridine rings is 2. The second kappa shape index (κ2) is 10.8. The molecule has 186 valence electrons. The van der Waals surface area contributed by atoms with Crippen molar-refractivity contribution in [3.8, 4) is 22.4 Å². The van der Waals surface area contributed by atoms with Gasteiger partial charge in [0.25, 0.3) is 11.8 Å². The highest BCUT2D eigenvalue weighted by Gasteiger charge is 2.21. The molecule has 36 heavy (non-hydrogen) atoms. The monoisotopic (exact) mass is 488 g/mol. The van der Waals surface area contributed by atoms with Crippen molar-refractivity contribution < 1.29 is 14.0 Å². The molecule has 0 radical (unpaired) electrons. The average Bonchev–Trinajstić information content (AvgIpc) is 2.87. The molecule has 0 bridgehead atoms. The Hall–Kier alpha value is -4.53. The van der Waals surface area contributed by atoms with Crippen LogP contribution in [0, 0.1) is 6.92 Å². The van der Waals surface area contributed by atoms with Crippen molar-refractivity contribution in [1.29, 1.82) is 0 Å². The Morgan fingerprint density at radius 1 is 1.03 bits per heavy atom. The summed E-state index contributed by atoms with van der Waals surface area (Å²) in [5.74, 6) is -0.807. The van der Waals surface area contributed by atoms with Gasteiger partial charge in [-0.3, -0.25) is 19.6 Å². The van der Waals surface area contributed by atoms with Gasteiger partial charge in [-0.05, 0) is 79.9 Å². The second-order valence-corrected chi connectivity index (χ2v) is 8.62. The van der Waals surface area contributed by atoms with Crippen molar-refractivity contribution in [2.45, 2.75) is 26.4 Å². The zero-order valence-electron chi connectivity index (χ0n) is 20.6. The molecule has 0 unspecified atom stereocenters. The predicted octanol–water partition coefficient (Wildman–Crippen LogP) is 3.85. The summed E-state index contributed by atoms with van der Waals surface area (Å²) in [6, 6.07) is 12.7. The van der Waals surface area contributed by atoms with Gasteiger partial charge in [-0.25, -0.2) is 4.39 Å². The number of rotatable bonds is 7. The largest absolute Gasteiger partial charge is 0.404 e. The molecule has 0 saturated heterocycles. The van der Waals surface area contributed by atoms with E-state index in [2.05, 4.69) is 20.6 Å². The number of halogens is 1. The molecule has 8 nitrogen and oxygen atoms in total. The van der Waals surface area contributed by atoms with E-state index in [4.69, 9.17) is 11.5 Å². The lowest BCUT2D eigenvalue weighted by molar-refractivity contribution is -0.112. The van der Waals surface area contributed by atoms with Crippen molar-refractivity contribution in [3.05, 3.63) is 89.7 Å². The van der Waals surface area contributed by atoms with Crippen LogP contribution in [0.1, 0.15) is 29.9 Å².